The highest BCUT2D eigenvalue weighted by molar-refractivity contribution is 6.11. The lowest BCUT2D eigenvalue weighted by molar-refractivity contribution is 0.670. The van der Waals surface area contributed by atoms with Crippen molar-refractivity contribution >= 4 is 43.7 Å². The van der Waals surface area contributed by atoms with Gasteiger partial charge in [0.05, 0.1) is 24.9 Å². The van der Waals surface area contributed by atoms with E-state index in [-0.39, 0.29) is 63.9 Å². The van der Waals surface area contributed by atoms with Crippen LogP contribution in [0.2, 0.25) is 0 Å². The van der Waals surface area contributed by atoms with E-state index in [0.717, 1.165) is 60.9 Å². The van der Waals surface area contributed by atoms with Gasteiger partial charge in [-0.25, -0.2) is 15.0 Å². The van der Waals surface area contributed by atoms with E-state index in [4.69, 9.17) is 24.9 Å². The molecule has 3 aromatic heterocycles. The fourth-order valence-electron chi connectivity index (χ4n) is 8.50. The molecule has 9 aromatic carbocycles. The van der Waals surface area contributed by atoms with Crippen LogP contribution in [0.5, 0.6) is 0 Å². The topological polar surface area (TPSA) is 56.7 Å². The first-order valence-corrected chi connectivity index (χ1v) is 20.3. The lowest BCUT2D eigenvalue weighted by atomic mass is 9.98. The fourth-order valence-corrected chi connectivity index (χ4v) is 8.50. The minimum atomic E-state index is -0.200. The van der Waals surface area contributed by atoms with Crippen molar-refractivity contribution in [2.24, 2.45) is 0 Å². The molecule has 62 heavy (non-hydrogen) atoms. The van der Waals surface area contributed by atoms with Crippen LogP contribution in [0.15, 0.2) is 223 Å². The summed E-state index contributed by atoms with van der Waals surface area (Å²) in [4.78, 5) is 15.8. The zero-order valence-corrected chi connectivity index (χ0v) is 33.0. The van der Waals surface area contributed by atoms with Gasteiger partial charge in [0.25, 0.3) is 0 Å². The number of nitrogens with zero attached hydrogens (tertiary/aromatic N) is 4. The number of furan rings is 1. The molecule has 0 unspecified atom stereocenters. The molecular formula is C57H36N4O. The van der Waals surface area contributed by atoms with E-state index >= 15 is 0 Å². The van der Waals surface area contributed by atoms with Crippen LogP contribution < -0.4 is 0 Å². The van der Waals surface area contributed by atoms with Gasteiger partial charge in [-0.2, -0.15) is 0 Å². The molecule has 3 heterocycles. The molecule has 12 rings (SSSR count). The van der Waals surface area contributed by atoms with Crippen molar-refractivity contribution in [3.05, 3.63) is 218 Å². The Morgan fingerprint density at radius 3 is 1.55 bits per heavy atom. The molecule has 12 aromatic rings. The van der Waals surface area contributed by atoms with E-state index in [1.165, 1.54) is 12.1 Å². The summed E-state index contributed by atoms with van der Waals surface area (Å²) in [6.45, 7) is 0. The second-order valence-electron chi connectivity index (χ2n) is 15.1. The number of aromatic nitrogens is 4. The maximum atomic E-state index is 9.34. The Morgan fingerprint density at radius 1 is 0.371 bits per heavy atom. The van der Waals surface area contributed by atoms with E-state index in [1.54, 1.807) is 4.57 Å². The molecule has 0 N–H and O–H groups in total. The molecule has 0 saturated carbocycles. The molecule has 0 aliphatic heterocycles. The second-order valence-corrected chi connectivity index (χ2v) is 15.1. The van der Waals surface area contributed by atoms with Gasteiger partial charge in [0.1, 0.15) is 11.2 Å². The van der Waals surface area contributed by atoms with Gasteiger partial charge >= 0.3 is 0 Å². The molecule has 0 atom stereocenters. The smallest absolute Gasteiger partial charge is 0.166 e. The summed E-state index contributed by atoms with van der Waals surface area (Å²) in [5.41, 5.74) is 9.99. The van der Waals surface area contributed by atoms with Gasteiger partial charge < -0.3 is 8.98 Å². The van der Waals surface area contributed by atoms with Crippen molar-refractivity contribution in [1.82, 2.24) is 19.5 Å². The Kier molecular flexibility index (Phi) is 7.05. The number of hydrogen-bond donors (Lipinski definition) is 0. The lowest BCUT2D eigenvalue weighted by Gasteiger charge is -2.16. The lowest BCUT2D eigenvalue weighted by Crippen LogP contribution is -2.04. The van der Waals surface area contributed by atoms with Gasteiger partial charge in [-0.15, -0.1) is 0 Å². The van der Waals surface area contributed by atoms with Gasteiger partial charge in [-0.05, 0) is 70.2 Å². The van der Waals surface area contributed by atoms with Crippen LogP contribution in [-0.2, 0) is 0 Å². The minimum absolute atomic E-state index is 0.0721. The van der Waals surface area contributed by atoms with Crippen LogP contribution in [0.3, 0.4) is 0 Å². The second kappa shape index (κ2) is 14.7. The van der Waals surface area contributed by atoms with E-state index in [2.05, 4.69) is 48.5 Å². The van der Waals surface area contributed by atoms with Crippen molar-refractivity contribution in [2.75, 3.05) is 0 Å². The van der Waals surface area contributed by atoms with Gasteiger partial charge in [-0.1, -0.05) is 176 Å². The Balaban J connectivity index is 1.19. The summed E-state index contributed by atoms with van der Waals surface area (Å²) >= 11 is 0. The summed E-state index contributed by atoms with van der Waals surface area (Å²) in [6.07, 6.45) is 0. The molecule has 0 aliphatic carbocycles. The van der Waals surface area contributed by atoms with Gasteiger partial charge in [0, 0.05) is 43.8 Å². The summed E-state index contributed by atoms with van der Waals surface area (Å²) < 4.78 is 62.5. The molecule has 0 spiro atoms. The minimum Gasteiger partial charge on any atom is -0.455 e. The van der Waals surface area contributed by atoms with Crippen molar-refractivity contribution in [2.45, 2.75) is 0 Å². The predicted octanol–water partition coefficient (Wildman–Crippen LogP) is 14.9. The zero-order valence-electron chi connectivity index (χ0n) is 39.0. The largest absolute Gasteiger partial charge is 0.455 e. The van der Waals surface area contributed by atoms with E-state index in [0.29, 0.717) is 28.5 Å². The van der Waals surface area contributed by atoms with E-state index < -0.39 is 0 Å². The van der Waals surface area contributed by atoms with Crippen LogP contribution >= 0.6 is 0 Å². The molecule has 5 heteroatoms. The van der Waals surface area contributed by atoms with Crippen molar-refractivity contribution in [1.29, 1.82) is 0 Å². The van der Waals surface area contributed by atoms with Crippen molar-refractivity contribution in [3.8, 4) is 73.2 Å². The summed E-state index contributed by atoms with van der Waals surface area (Å²) in [7, 11) is 0. The van der Waals surface area contributed by atoms with E-state index in [1.807, 2.05) is 121 Å². The number of para-hydroxylation sites is 4. The molecule has 0 aliphatic rings. The maximum absolute atomic E-state index is 9.34. The monoisotopic (exact) mass is 798 g/mol. The predicted molar refractivity (Wildman–Crippen MR) is 254 cm³/mol. The first kappa shape index (κ1) is 29.7. The van der Waals surface area contributed by atoms with Crippen LogP contribution in [-0.4, -0.2) is 19.5 Å². The third-order valence-corrected chi connectivity index (χ3v) is 11.4. The first-order chi connectivity index (χ1) is 33.2. The average Bonchev–Trinajstić information content (AvgIpc) is 3.96. The molecule has 0 fully saturated rings. The maximum Gasteiger partial charge on any atom is 0.166 e. The van der Waals surface area contributed by atoms with Crippen LogP contribution in [0.4, 0.5) is 0 Å². The van der Waals surface area contributed by atoms with Gasteiger partial charge in [-0.3, -0.25) is 0 Å². The summed E-state index contributed by atoms with van der Waals surface area (Å²) in [5.74, 6) is 1.11. The molecule has 0 radical (unpaired) electrons. The quantitative estimate of drug-likeness (QED) is 0.161. The number of fused-ring (bicyclic) bond motifs is 6. The highest BCUT2D eigenvalue weighted by Gasteiger charge is 2.22. The third-order valence-electron chi connectivity index (χ3n) is 11.4. The number of rotatable bonds is 7. The van der Waals surface area contributed by atoms with Crippen molar-refractivity contribution in [3.63, 3.8) is 0 Å². The molecule has 0 amide bonds. The zero-order chi connectivity index (χ0) is 46.2. The van der Waals surface area contributed by atoms with Gasteiger partial charge in [0.15, 0.2) is 17.5 Å². The Morgan fingerprint density at radius 2 is 0.903 bits per heavy atom. The fraction of sp³-hybridized carbons (Fsp3) is 0. The summed E-state index contributed by atoms with van der Waals surface area (Å²) in [6, 6.07) is 57.8. The number of hydrogen-bond acceptors (Lipinski definition) is 4. The Bertz CT molecular complexity index is 3830. The Labute approximate surface area is 366 Å². The summed E-state index contributed by atoms with van der Waals surface area (Å²) in [5, 5.41) is 2.24. The highest BCUT2D eigenvalue weighted by atomic mass is 16.3. The SMILES string of the molecule is [2H]c1cc([2H])c2c(c1[2H])c1c([2H])c([2H])cc([2H])c1n2-c1ccc(-c2cccc3c2oc2ccccc23)cc1-c1nc(-c2cccc(-c3ccccc3)c2)nc(-c2cccc(-c3ccccc3)c2)n1. The molecule has 290 valence electrons. The number of benzene rings is 9. The Hall–Kier alpha value is -8.41. The van der Waals surface area contributed by atoms with E-state index in [9.17, 15) is 2.74 Å². The molecule has 5 nitrogen and oxygen atoms in total. The third kappa shape index (κ3) is 6.06. The van der Waals surface area contributed by atoms with Crippen LogP contribution in [0, 0.1) is 0 Å². The van der Waals surface area contributed by atoms with Gasteiger partial charge in [0.2, 0.25) is 0 Å². The molecule has 0 saturated heterocycles. The van der Waals surface area contributed by atoms with Crippen LogP contribution in [0.1, 0.15) is 8.22 Å². The van der Waals surface area contributed by atoms with Crippen molar-refractivity contribution < 1.29 is 12.6 Å². The first-order valence-electron chi connectivity index (χ1n) is 23.3. The molecule has 0 bridgehead atoms. The van der Waals surface area contributed by atoms with Crippen LogP contribution in [0.25, 0.3) is 117 Å². The normalized spacial score (nSPS) is 12.9. The highest BCUT2D eigenvalue weighted by Crippen LogP contribution is 2.41. The molecular weight excluding hydrogens is 757 g/mol. The average molecular weight is 799 g/mol. The standard InChI is InChI=1S/C57H36N4O/c1-3-16-37(17-4-1)39-20-13-22-42(34-39)55-58-56(43-23-14-21-40(35-43)38-18-5-2-6-19-38)60-57(59-55)49-36-41(44-27-15-28-48-47-26-9-12-31-53(47)62-54(44)48)32-33-52(49)61-50-29-10-7-24-45(50)46-25-8-11-30-51(46)61/h1-36H/i7D,8D,24D,25D,29D,30D.